The Hall–Kier alpha value is -1.16. The Balaban J connectivity index is 2.01. The van der Waals surface area contributed by atoms with Gasteiger partial charge in [-0.15, -0.1) is 0 Å². The maximum absolute atomic E-state index is 11.3. The molecule has 2 heterocycles. The van der Waals surface area contributed by atoms with Crippen molar-refractivity contribution >= 4 is 6.29 Å². The lowest BCUT2D eigenvalue weighted by atomic mass is 10.1. The minimum atomic E-state index is 0.464. The third-order valence-electron chi connectivity index (χ3n) is 4.07. The highest BCUT2D eigenvalue weighted by atomic mass is 16.1. The summed E-state index contributed by atoms with van der Waals surface area (Å²) in [6.07, 6.45) is 6.88. The van der Waals surface area contributed by atoms with E-state index in [1.54, 1.807) is 0 Å². The van der Waals surface area contributed by atoms with Gasteiger partial charge in [-0.3, -0.25) is 9.48 Å². The van der Waals surface area contributed by atoms with E-state index in [-0.39, 0.29) is 0 Å². The molecule has 0 bridgehead atoms. The lowest BCUT2D eigenvalue weighted by Gasteiger charge is -2.21. The molecule has 1 aliphatic carbocycles. The summed E-state index contributed by atoms with van der Waals surface area (Å²) in [5, 5.41) is 4.70. The second-order valence-corrected chi connectivity index (χ2v) is 5.30. The molecule has 0 saturated heterocycles. The third kappa shape index (κ3) is 1.80. The molecule has 2 aliphatic rings. The summed E-state index contributed by atoms with van der Waals surface area (Å²) in [6.45, 7) is 1.92. The van der Waals surface area contributed by atoms with Gasteiger partial charge in [0.2, 0.25) is 0 Å². The molecule has 1 aliphatic heterocycles. The SMILES string of the molecule is CN1CCc2nn(C3CCCC3)c(C=O)c2C1. The van der Waals surface area contributed by atoms with Crippen molar-refractivity contribution in [3.05, 3.63) is 17.0 Å². The highest BCUT2D eigenvalue weighted by molar-refractivity contribution is 5.75. The molecule has 3 rings (SSSR count). The van der Waals surface area contributed by atoms with Crippen LogP contribution in [0.4, 0.5) is 0 Å². The van der Waals surface area contributed by atoms with Crippen LogP contribution in [-0.2, 0) is 13.0 Å². The number of aromatic nitrogens is 2. The van der Waals surface area contributed by atoms with Gasteiger partial charge in [0.05, 0.1) is 11.7 Å². The Morgan fingerprint density at radius 3 is 2.82 bits per heavy atom. The first kappa shape index (κ1) is 11.0. The van der Waals surface area contributed by atoms with Crippen molar-refractivity contribution in [1.29, 1.82) is 0 Å². The minimum Gasteiger partial charge on any atom is -0.302 e. The quantitative estimate of drug-likeness (QED) is 0.731. The lowest BCUT2D eigenvalue weighted by Crippen LogP contribution is -2.26. The van der Waals surface area contributed by atoms with E-state index in [0.717, 1.165) is 37.2 Å². The van der Waals surface area contributed by atoms with Crippen molar-refractivity contribution in [2.75, 3.05) is 13.6 Å². The van der Waals surface area contributed by atoms with E-state index < -0.39 is 0 Å². The summed E-state index contributed by atoms with van der Waals surface area (Å²) in [5.41, 5.74) is 3.15. The number of hydrogen-bond donors (Lipinski definition) is 0. The standard InChI is InChI=1S/C13H19N3O/c1-15-7-6-12-11(8-15)13(9-17)16(14-12)10-4-2-3-5-10/h9-10H,2-8H2,1H3. The Bertz CT molecular complexity index is 432. The number of rotatable bonds is 2. The molecule has 1 fully saturated rings. The fourth-order valence-corrected chi connectivity index (χ4v) is 3.10. The summed E-state index contributed by atoms with van der Waals surface area (Å²) in [4.78, 5) is 13.6. The van der Waals surface area contributed by atoms with Crippen molar-refractivity contribution in [1.82, 2.24) is 14.7 Å². The van der Waals surface area contributed by atoms with Crippen LogP contribution in [0.3, 0.4) is 0 Å². The van der Waals surface area contributed by atoms with Gasteiger partial charge in [0.1, 0.15) is 5.69 Å². The molecule has 0 unspecified atom stereocenters. The summed E-state index contributed by atoms with van der Waals surface area (Å²) in [5.74, 6) is 0. The zero-order valence-corrected chi connectivity index (χ0v) is 10.4. The van der Waals surface area contributed by atoms with Gasteiger partial charge in [-0.25, -0.2) is 0 Å². The third-order valence-corrected chi connectivity index (χ3v) is 4.07. The molecule has 0 amide bonds. The van der Waals surface area contributed by atoms with E-state index in [1.807, 2.05) is 4.68 Å². The summed E-state index contributed by atoms with van der Waals surface area (Å²) in [7, 11) is 2.10. The summed E-state index contributed by atoms with van der Waals surface area (Å²) >= 11 is 0. The molecule has 4 nitrogen and oxygen atoms in total. The van der Waals surface area contributed by atoms with Crippen molar-refractivity contribution < 1.29 is 4.79 Å². The van der Waals surface area contributed by atoms with Crippen LogP contribution in [0.15, 0.2) is 0 Å². The number of carbonyl (C=O) groups is 1. The molecule has 0 spiro atoms. The first-order valence-electron chi connectivity index (χ1n) is 6.53. The summed E-state index contributed by atoms with van der Waals surface area (Å²) in [6, 6.07) is 0.464. The molecule has 1 saturated carbocycles. The van der Waals surface area contributed by atoms with E-state index in [1.165, 1.54) is 31.2 Å². The van der Waals surface area contributed by atoms with Crippen LogP contribution in [-0.4, -0.2) is 34.6 Å². The van der Waals surface area contributed by atoms with Crippen molar-refractivity contribution in [3.63, 3.8) is 0 Å². The maximum Gasteiger partial charge on any atom is 0.168 e. The lowest BCUT2D eigenvalue weighted by molar-refractivity contribution is 0.111. The molecule has 92 valence electrons. The zero-order chi connectivity index (χ0) is 11.8. The molecule has 0 N–H and O–H groups in total. The normalized spacial score (nSPS) is 21.7. The monoisotopic (exact) mass is 233 g/mol. The van der Waals surface area contributed by atoms with Crippen LogP contribution < -0.4 is 0 Å². The molecule has 1 aromatic rings. The Morgan fingerprint density at radius 1 is 1.35 bits per heavy atom. The molecular weight excluding hydrogens is 214 g/mol. The number of hydrogen-bond acceptors (Lipinski definition) is 3. The van der Waals surface area contributed by atoms with Crippen molar-refractivity contribution in [2.24, 2.45) is 0 Å². The Kier molecular flexibility index (Phi) is 2.74. The second kappa shape index (κ2) is 4.26. The van der Waals surface area contributed by atoms with Crippen LogP contribution in [0, 0.1) is 0 Å². The first-order chi connectivity index (χ1) is 8.29. The van der Waals surface area contributed by atoms with Crippen molar-refractivity contribution in [2.45, 2.75) is 44.7 Å². The van der Waals surface area contributed by atoms with Crippen LogP contribution in [0.25, 0.3) is 0 Å². The van der Waals surface area contributed by atoms with Gasteiger partial charge in [-0.1, -0.05) is 12.8 Å². The van der Waals surface area contributed by atoms with Crippen LogP contribution in [0.2, 0.25) is 0 Å². The van der Waals surface area contributed by atoms with Crippen LogP contribution in [0.1, 0.15) is 53.5 Å². The van der Waals surface area contributed by atoms with Crippen molar-refractivity contribution in [3.8, 4) is 0 Å². The summed E-state index contributed by atoms with van der Waals surface area (Å²) < 4.78 is 2.02. The Morgan fingerprint density at radius 2 is 2.12 bits per heavy atom. The first-order valence-corrected chi connectivity index (χ1v) is 6.53. The predicted molar refractivity (Wildman–Crippen MR) is 65.2 cm³/mol. The number of aldehydes is 1. The largest absolute Gasteiger partial charge is 0.302 e. The average molecular weight is 233 g/mol. The fourth-order valence-electron chi connectivity index (χ4n) is 3.10. The van der Waals surface area contributed by atoms with Gasteiger partial charge in [0.15, 0.2) is 6.29 Å². The van der Waals surface area contributed by atoms with Gasteiger partial charge >= 0.3 is 0 Å². The van der Waals surface area contributed by atoms with Gasteiger partial charge in [-0.2, -0.15) is 5.10 Å². The van der Waals surface area contributed by atoms with Crippen LogP contribution >= 0.6 is 0 Å². The molecule has 0 aromatic carbocycles. The van der Waals surface area contributed by atoms with E-state index in [4.69, 9.17) is 5.10 Å². The van der Waals surface area contributed by atoms with E-state index >= 15 is 0 Å². The average Bonchev–Trinajstić information content (AvgIpc) is 2.94. The number of carbonyl (C=O) groups excluding carboxylic acids is 1. The van der Waals surface area contributed by atoms with Gasteiger partial charge in [0, 0.05) is 25.1 Å². The molecule has 17 heavy (non-hydrogen) atoms. The van der Waals surface area contributed by atoms with Gasteiger partial charge in [-0.05, 0) is 19.9 Å². The Labute approximate surface area is 102 Å². The van der Waals surface area contributed by atoms with E-state index in [2.05, 4.69) is 11.9 Å². The van der Waals surface area contributed by atoms with E-state index in [9.17, 15) is 4.79 Å². The van der Waals surface area contributed by atoms with Gasteiger partial charge < -0.3 is 4.90 Å². The van der Waals surface area contributed by atoms with Crippen LogP contribution in [0.5, 0.6) is 0 Å². The molecule has 1 aromatic heterocycles. The number of likely N-dealkylation sites (N-methyl/N-ethyl adjacent to an activating group) is 1. The smallest absolute Gasteiger partial charge is 0.168 e. The number of nitrogens with zero attached hydrogens (tertiary/aromatic N) is 3. The fraction of sp³-hybridized carbons (Fsp3) is 0.692. The van der Waals surface area contributed by atoms with Gasteiger partial charge in [0.25, 0.3) is 0 Å². The molecule has 4 heteroatoms. The molecular formula is C13H19N3O. The highest BCUT2D eigenvalue weighted by Crippen LogP contribution is 2.32. The number of fused-ring (bicyclic) bond motifs is 1. The molecule has 0 radical (unpaired) electrons. The predicted octanol–water partition coefficient (Wildman–Crippen LogP) is 1.80. The zero-order valence-electron chi connectivity index (χ0n) is 10.4. The minimum absolute atomic E-state index is 0.464. The van der Waals surface area contributed by atoms with E-state index in [0.29, 0.717) is 6.04 Å². The maximum atomic E-state index is 11.3. The topological polar surface area (TPSA) is 38.1 Å². The highest BCUT2D eigenvalue weighted by Gasteiger charge is 2.27. The molecule has 0 atom stereocenters. The second-order valence-electron chi connectivity index (χ2n) is 5.30.